The van der Waals surface area contributed by atoms with Gasteiger partial charge in [0.1, 0.15) is 0 Å². The van der Waals surface area contributed by atoms with Crippen LogP contribution in [-0.2, 0) is 20.4 Å². The van der Waals surface area contributed by atoms with Crippen LogP contribution in [0, 0.1) is 0 Å². The fourth-order valence-electron chi connectivity index (χ4n) is 3.85. The van der Waals surface area contributed by atoms with Crippen LogP contribution in [0.15, 0.2) is 126 Å². The van der Waals surface area contributed by atoms with Crippen LogP contribution in [0.2, 0.25) is 0 Å². The Morgan fingerprint density at radius 1 is 0.600 bits per heavy atom. The van der Waals surface area contributed by atoms with Gasteiger partial charge in [0.2, 0.25) is 0 Å². The van der Waals surface area contributed by atoms with Gasteiger partial charge in [-0.1, -0.05) is 97.1 Å². The average molecular weight is 409 g/mol. The molecule has 0 spiro atoms. The van der Waals surface area contributed by atoms with Crippen LogP contribution in [0.4, 0.5) is 11.4 Å². The van der Waals surface area contributed by atoms with Crippen molar-refractivity contribution in [2.24, 2.45) is 4.36 Å². The van der Waals surface area contributed by atoms with E-state index in [0.29, 0.717) is 0 Å². The van der Waals surface area contributed by atoms with E-state index in [9.17, 15) is 4.79 Å². The number of benzene rings is 4. The molecule has 30 heavy (non-hydrogen) atoms. The second-order valence-electron chi connectivity index (χ2n) is 7.04. The highest BCUT2D eigenvalue weighted by Crippen LogP contribution is 2.50. The molecule has 1 atom stereocenters. The summed E-state index contributed by atoms with van der Waals surface area (Å²) >= 11 is 0. The SMILES string of the molecule is O=C1N(c2ccccc2)S(=Nc2ccccc2)C1(c1ccccc1)c1ccccc1. The van der Waals surface area contributed by atoms with Gasteiger partial charge in [-0.05, 0) is 35.4 Å². The summed E-state index contributed by atoms with van der Waals surface area (Å²) in [5.41, 5.74) is 3.67. The molecule has 146 valence electrons. The Hall–Kier alpha value is -3.50. The van der Waals surface area contributed by atoms with Gasteiger partial charge in [0.15, 0.2) is 4.75 Å². The van der Waals surface area contributed by atoms with E-state index < -0.39 is 15.6 Å². The first-order chi connectivity index (χ1) is 14.8. The van der Waals surface area contributed by atoms with Crippen molar-refractivity contribution in [3.8, 4) is 0 Å². The maximum atomic E-state index is 14.0. The van der Waals surface area contributed by atoms with E-state index >= 15 is 0 Å². The number of para-hydroxylation sites is 1. The molecule has 0 aromatic heterocycles. The van der Waals surface area contributed by atoms with Crippen molar-refractivity contribution in [3.05, 3.63) is 132 Å². The number of rotatable bonds is 4. The van der Waals surface area contributed by atoms with Gasteiger partial charge in [-0.2, -0.15) is 0 Å². The maximum Gasteiger partial charge on any atom is 0.266 e. The third-order valence-corrected chi connectivity index (χ3v) is 7.53. The van der Waals surface area contributed by atoms with Gasteiger partial charge in [-0.25, -0.2) is 8.67 Å². The Labute approximate surface area is 178 Å². The van der Waals surface area contributed by atoms with E-state index in [0.717, 1.165) is 22.5 Å². The molecular weight excluding hydrogens is 388 g/mol. The first kappa shape index (κ1) is 18.5. The summed E-state index contributed by atoms with van der Waals surface area (Å²) < 4.78 is 6.11. The lowest BCUT2D eigenvalue weighted by atomic mass is 9.88. The molecular formula is C26H20N2OS. The summed E-state index contributed by atoms with van der Waals surface area (Å²) in [6, 6.07) is 39.8. The van der Waals surface area contributed by atoms with Crippen LogP contribution >= 0.6 is 0 Å². The van der Waals surface area contributed by atoms with Crippen molar-refractivity contribution in [1.29, 1.82) is 0 Å². The molecule has 1 heterocycles. The number of nitrogens with zero attached hydrogens (tertiary/aromatic N) is 2. The second kappa shape index (κ2) is 7.73. The third kappa shape index (κ3) is 2.88. The van der Waals surface area contributed by atoms with Crippen molar-refractivity contribution in [2.45, 2.75) is 4.75 Å². The van der Waals surface area contributed by atoms with Crippen LogP contribution in [0.25, 0.3) is 0 Å². The molecule has 0 radical (unpaired) electrons. The van der Waals surface area contributed by atoms with Gasteiger partial charge in [0.05, 0.1) is 11.4 Å². The Morgan fingerprint density at radius 2 is 1.03 bits per heavy atom. The largest absolute Gasteiger partial charge is 0.271 e. The Bertz CT molecular complexity index is 1150. The van der Waals surface area contributed by atoms with Crippen molar-refractivity contribution in [2.75, 3.05) is 4.31 Å². The van der Waals surface area contributed by atoms with Crippen molar-refractivity contribution < 1.29 is 4.79 Å². The quantitative estimate of drug-likeness (QED) is 0.406. The summed E-state index contributed by atoms with van der Waals surface area (Å²) in [7, 11) is -0.756. The Kier molecular flexibility index (Phi) is 4.77. The Balaban J connectivity index is 1.79. The highest BCUT2D eigenvalue weighted by molar-refractivity contribution is 7.94. The lowest BCUT2D eigenvalue weighted by Crippen LogP contribution is -2.65. The predicted octanol–water partition coefficient (Wildman–Crippen LogP) is 6.03. The molecule has 1 aliphatic rings. The summed E-state index contributed by atoms with van der Waals surface area (Å²) in [5.74, 6) is 0.0501. The number of carbonyl (C=O) groups is 1. The molecule has 0 aliphatic carbocycles. The smallest absolute Gasteiger partial charge is 0.266 e. The van der Waals surface area contributed by atoms with Gasteiger partial charge in [-0.3, -0.25) is 4.79 Å². The van der Waals surface area contributed by atoms with Crippen LogP contribution in [-0.4, -0.2) is 5.91 Å². The van der Waals surface area contributed by atoms with E-state index in [1.807, 2.05) is 126 Å². The number of amides is 1. The van der Waals surface area contributed by atoms with Crippen molar-refractivity contribution >= 4 is 28.2 Å². The summed E-state index contributed by atoms with van der Waals surface area (Å²) in [4.78, 5) is 14.0. The summed E-state index contributed by atoms with van der Waals surface area (Å²) in [5, 5.41) is 0. The molecule has 3 nitrogen and oxygen atoms in total. The molecule has 0 bridgehead atoms. The standard InChI is InChI=1S/C26H20N2OS/c29-25-26(21-13-5-1-6-14-21,22-15-7-2-8-16-22)30(27-23-17-9-3-10-18-23)28(25)24-19-11-4-12-20-24/h1-20H. The van der Waals surface area contributed by atoms with E-state index in [4.69, 9.17) is 4.36 Å². The van der Waals surface area contributed by atoms with Crippen LogP contribution < -0.4 is 4.31 Å². The zero-order chi connectivity index (χ0) is 20.4. The van der Waals surface area contributed by atoms with E-state index in [2.05, 4.69) is 0 Å². The molecule has 4 aromatic carbocycles. The first-order valence-electron chi connectivity index (χ1n) is 9.84. The number of hydrogen-bond acceptors (Lipinski definition) is 2. The zero-order valence-electron chi connectivity index (χ0n) is 16.3. The number of hydrogen-bond donors (Lipinski definition) is 0. The highest BCUT2D eigenvalue weighted by Gasteiger charge is 2.60. The minimum Gasteiger partial charge on any atom is -0.271 e. The number of carbonyl (C=O) groups excluding carboxylic acids is 1. The highest BCUT2D eigenvalue weighted by atomic mass is 32.2. The lowest BCUT2D eigenvalue weighted by Gasteiger charge is -2.50. The first-order valence-corrected chi connectivity index (χ1v) is 11.0. The predicted molar refractivity (Wildman–Crippen MR) is 123 cm³/mol. The zero-order valence-corrected chi connectivity index (χ0v) is 17.1. The lowest BCUT2D eigenvalue weighted by molar-refractivity contribution is -0.120. The minimum atomic E-state index is -0.839. The fraction of sp³-hybridized carbons (Fsp3) is 0.0385. The molecule has 4 aromatic rings. The number of anilines is 1. The van der Waals surface area contributed by atoms with Crippen LogP contribution in [0.3, 0.4) is 0 Å². The van der Waals surface area contributed by atoms with Crippen LogP contribution in [0.1, 0.15) is 11.1 Å². The molecule has 4 heteroatoms. The summed E-state index contributed by atoms with van der Waals surface area (Å²) in [6.07, 6.45) is 0. The second-order valence-corrected chi connectivity index (χ2v) is 8.73. The minimum absolute atomic E-state index is 0.0501. The van der Waals surface area contributed by atoms with Crippen molar-refractivity contribution in [3.63, 3.8) is 0 Å². The molecule has 1 unspecified atom stereocenters. The molecule has 0 N–H and O–H groups in total. The van der Waals surface area contributed by atoms with Gasteiger partial charge in [0.25, 0.3) is 5.91 Å². The van der Waals surface area contributed by atoms with Gasteiger partial charge in [0, 0.05) is 10.9 Å². The summed E-state index contributed by atoms with van der Waals surface area (Å²) in [6.45, 7) is 0. The third-order valence-electron chi connectivity index (χ3n) is 5.23. The normalized spacial score (nSPS) is 17.5. The Morgan fingerprint density at radius 3 is 1.53 bits per heavy atom. The van der Waals surface area contributed by atoms with E-state index in [1.54, 1.807) is 0 Å². The topological polar surface area (TPSA) is 32.7 Å². The van der Waals surface area contributed by atoms with Crippen LogP contribution in [0.5, 0.6) is 0 Å². The molecule has 1 aliphatic heterocycles. The molecule has 1 fully saturated rings. The maximum absolute atomic E-state index is 14.0. The van der Waals surface area contributed by atoms with Gasteiger partial charge in [-0.15, -0.1) is 0 Å². The molecule has 1 amide bonds. The van der Waals surface area contributed by atoms with Gasteiger partial charge < -0.3 is 0 Å². The van der Waals surface area contributed by atoms with Gasteiger partial charge >= 0.3 is 0 Å². The molecule has 5 rings (SSSR count). The molecule has 1 saturated heterocycles. The average Bonchev–Trinajstić information content (AvgIpc) is 2.82. The van der Waals surface area contributed by atoms with Crippen molar-refractivity contribution in [1.82, 2.24) is 0 Å². The fourth-order valence-corrected chi connectivity index (χ4v) is 6.08. The van der Waals surface area contributed by atoms with E-state index in [-0.39, 0.29) is 5.91 Å². The van der Waals surface area contributed by atoms with E-state index in [1.165, 1.54) is 0 Å². The monoisotopic (exact) mass is 408 g/mol. The molecule has 0 saturated carbocycles.